The lowest BCUT2D eigenvalue weighted by Gasteiger charge is -2.07. The molecule has 0 unspecified atom stereocenters. The molecule has 5 nitrogen and oxygen atoms in total. The van der Waals surface area contributed by atoms with Crippen molar-refractivity contribution in [3.05, 3.63) is 93.7 Å². The van der Waals surface area contributed by atoms with Crippen LogP contribution in [-0.4, -0.2) is 21.0 Å². The Labute approximate surface area is 198 Å². The van der Waals surface area contributed by atoms with Gasteiger partial charge in [0.25, 0.3) is 5.91 Å². The second-order valence-corrected chi connectivity index (χ2v) is 8.77. The molecule has 1 aliphatic rings. The Hall–Kier alpha value is -3.19. The normalized spacial score (nSPS) is 16.1. The first-order valence-electron chi connectivity index (χ1n) is 9.61. The van der Waals surface area contributed by atoms with Crippen molar-refractivity contribution >= 4 is 68.7 Å². The van der Waals surface area contributed by atoms with Crippen molar-refractivity contribution < 1.29 is 4.79 Å². The van der Waals surface area contributed by atoms with Gasteiger partial charge in [-0.05, 0) is 65.4 Å². The standard InChI is InChI=1S/C24H14Cl2N4OS/c25-18-4-1-5-19(26)22(18)29-24-30-23(31)21(32-24)12-14-6-7-20-17(11-14)16(8-10-28-20)15-3-2-9-27-13-15/h1-13H,(H,29,30,31)/b21-12+. The van der Waals surface area contributed by atoms with Crippen LogP contribution in [-0.2, 0) is 4.79 Å². The van der Waals surface area contributed by atoms with Gasteiger partial charge in [-0.2, -0.15) is 0 Å². The van der Waals surface area contributed by atoms with E-state index in [0.717, 1.165) is 27.6 Å². The molecule has 1 aliphatic heterocycles. The van der Waals surface area contributed by atoms with Crippen LogP contribution in [0.3, 0.4) is 0 Å². The van der Waals surface area contributed by atoms with Gasteiger partial charge in [0, 0.05) is 29.5 Å². The summed E-state index contributed by atoms with van der Waals surface area (Å²) in [5.74, 6) is -0.226. The summed E-state index contributed by atoms with van der Waals surface area (Å²) in [5, 5.41) is 5.01. The molecule has 156 valence electrons. The molecule has 5 rings (SSSR count). The van der Waals surface area contributed by atoms with E-state index in [1.807, 2.05) is 48.7 Å². The van der Waals surface area contributed by atoms with E-state index >= 15 is 0 Å². The number of carbonyl (C=O) groups excluding carboxylic acids is 1. The number of carbonyl (C=O) groups is 1. The number of aliphatic imine (C=N–C) groups is 1. The van der Waals surface area contributed by atoms with E-state index in [1.54, 1.807) is 30.6 Å². The first kappa shape index (κ1) is 20.7. The predicted molar refractivity (Wildman–Crippen MR) is 132 cm³/mol. The van der Waals surface area contributed by atoms with Crippen LogP contribution in [0.2, 0.25) is 10.0 Å². The third-order valence-corrected chi connectivity index (χ3v) is 6.36. The van der Waals surface area contributed by atoms with Gasteiger partial charge >= 0.3 is 0 Å². The third-order valence-electron chi connectivity index (χ3n) is 4.84. The maximum absolute atomic E-state index is 12.5. The van der Waals surface area contributed by atoms with Gasteiger partial charge < -0.3 is 5.32 Å². The SMILES string of the molecule is O=C1NC(=Nc2c(Cl)cccc2Cl)S/C1=C/c1ccc2nccc(-c3cccnc3)c2c1. The molecule has 1 amide bonds. The number of halogens is 2. The molecule has 0 radical (unpaired) electrons. The summed E-state index contributed by atoms with van der Waals surface area (Å²) in [6.07, 6.45) is 7.18. The van der Waals surface area contributed by atoms with Gasteiger partial charge in [-0.15, -0.1) is 0 Å². The van der Waals surface area contributed by atoms with Crippen LogP contribution in [0.1, 0.15) is 5.56 Å². The zero-order valence-corrected chi connectivity index (χ0v) is 18.7. The maximum atomic E-state index is 12.5. The fourth-order valence-corrected chi connectivity index (χ4v) is 4.67. The summed E-state index contributed by atoms with van der Waals surface area (Å²) in [6, 6.07) is 16.9. The number of hydrogen-bond donors (Lipinski definition) is 1. The summed E-state index contributed by atoms with van der Waals surface area (Å²) in [4.78, 5) is 26.2. The molecule has 0 bridgehead atoms. The molecule has 2 aromatic heterocycles. The van der Waals surface area contributed by atoms with Crippen LogP contribution in [0, 0.1) is 0 Å². The summed E-state index contributed by atoms with van der Waals surface area (Å²) in [6.45, 7) is 0. The van der Waals surface area contributed by atoms with Gasteiger partial charge in [-0.1, -0.05) is 41.4 Å². The quantitative estimate of drug-likeness (QED) is 0.342. The van der Waals surface area contributed by atoms with Gasteiger partial charge in [0.15, 0.2) is 5.17 Å². The minimum absolute atomic E-state index is 0.226. The predicted octanol–water partition coefficient (Wildman–Crippen LogP) is 6.50. The monoisotopic (exact) mass is 476 g/mol. The Balaban J connectivity index is 1.50. The maximum Gasteiger partial charge on any atom is 0.264 e. The number of thioether (sulfide) groups is 1. The van der Waals surface area contributed by atoms with Crippen molar-refractivity contribution in [1.82, 2.24) is 15.3 Å². The molecule has 32 heavy (non-hydrogen) atoms. The molecular formula is C24H14Cl2N4OS. The zero-order chi connectivity index (χ0) is 22.1. The van der Waals surface area contributed by atoms with Crippen LogP contribution < -0.4 is 5.32 Å². The highest BCUT2D eigenvalue weighted by atomic mass is 35.5. The molecule has 2 aromatic carbocycles. The number of hydrogen-bond acceptors (Lipinski definition) is 5. The average Bonchev–Trinajstić information content (AvgIpc) is 3.15. The average molecular weight is 477 g/mol. The molecule has 3 heterocycles. The fourth-order valence-electron chi connectivity index (χ4n) is 3.36. The number of rotatable bonds is 3. The van der Waals surface area contributed by atoms with Crippen LogP contribution in [0.25, 0.3) is 28.1 Å². The molecule has 0 aliphatic carbocycles. The van der Waals surface area contributed by atoms with Crippen molar-refractivity contribution in [2.45, 2.75) is 0 Å². The van der Waals surface area contributed by atoms with Crippen molar-refractivity contribution in [3.8, 4) is 11.1 Å². The molecular weight excluding hydrogens is 463 g/mol. The third kappa shape index (κ3) is 4.12. The van der Waals surface area contributed by atoms with E-state index in [2.05, 4.69) is 20.3 Å². The van der Waals surface area contributed by atoms with Crippen LogP contribution in [0.15, 0.2) is 83.1 Å². The lowest BCUT2D eigenvalue weighted by Crippen LogP contribution is -2.19. The van der Waals surface area contributed by atoms with E-state index in [9.17, 15) is 4.79 Å². The molecule has 1 N–H and O–H groups in total. The van der Waals surface area contributed by atoms with E-state index in [-0.39, 0.29) is 5.91 Å². The highest BCUT2D eigenvalue weighted by Crippen LogP contribution is 2.36. The number of benzene rings is 2. The first-order valence-corrected chi connectivity index (χ1v) is 11.2. The minimum atomic E-state index is -0.226. The Bertz CT molecular complexity index is 1400. The van der Waals surface area contributed by atoms with Crippen molar-refractivity contribution in [2.24, 2.45) is 4.99 Å². The van der Waals surface area contributed by atoms with Crippen molar-refractivity contribution in [3.63, 3.8) is 0 Å². The number of pyridine rings is 2. The van der Waals surface area contributed by atoms with E-state index in [0.29, 0.717) is 25.8 Å². The second kappa shape index (κ2) is 8.74. The van der Waals surface area contributed by atoms with Crippen LogP contribution in [0.4, 0.5) is 5.69 Å². The smallest absolute Gasteiger partial charge is 0.264 e. The van der Waals surface area contributed by atoms with E-state index in [1.165, 1.54) is 11.8 Å². The number of aromatic nitrogens is 2. The van der Waals surface area contributed by atoms with Crippen molar-refractivity contribution in [2.75, 3.05) is 0 Å². The van der Waals surface area contributed by atoms with Gasteiger partial charge in [-0.25, -0.2) is 4.99 Å². The Kier molecular flexibility index (Phi) is 5.66. The van der Waals surface area contributed by atoms with Crippen LogP contribution >= 0.6 is 35.0 Å². The summed E-state index contributed by atoms with van der Waals surface area (Å²) in [5.41, 5.74) is 4.21. The molecule has 0 atom stereocenters. The molecule has 0 spiro atoms. The Morgan fingerprint density at radius 2 is 1.84 bits per heavy atom. The molecule has 0 saturated carbocycles. The minimum Gasteiger partial charge on any atom is -0.300 e. The fraction of sp³-hybridized carbons (Fsp3) is 0. The highest BCUT2D eigenvalue weighted by molar-refractivity contribution is 8.18. The molecule has 1 saturated heterocycles. The topological polar surface area (TPSA) is 67.2 Å². The first-order chi connectivity index (χ1) is 15.6. The summed E-state index contributed by atoms with van der Waals surface area (Å²) < 4.78 is 0. The number of para-hydroxylation sites is 1. The number of amidine groups is 1. The van der Waals surface area contributed by atoms with Crippen molar-refractivity contribution in [1.29, 1.82) is 0 Å². The number of nitrogens with one attached hydrogen (secondary N) is 1. The lowest BCUT2D eigenvalue weighted by atomic mass is 10.0. The van der Waals surface area contributed by atoms with Gasteiger partial charge in [0.1, 0.15) is 5.69 Å². The molecule has 8 heteroatoms. The lowest BCUT2D eigenvalue weighted by molar-refractivity contribution is -0.115. The Morgan fingerprint density at radius 1 is 1.00 bits per heavy atom. The summed E-state index contributed by atoms with van der Waals surface area (Å²) >= 11 is 13.6. The van der Waals surface area contributed by atoms with Gasteiger partial charge in [0.2, 0.25) is 0 Å². The highest BCUT2D eigenvalue weighted by Gasteiger charge is 2.24. The molecule has 4 aromatic rings. The number of amides is 1. The molecule has 1 fully saturated rings. The van der Waals surface area contributed by atoms with E-state index < -0.39 is 0 Å². The zero-order valence-electron chi connectivity index (χ0n) is 16.4. The van der Waals surface area contributed by atoms with Gasteiger partial charge in [-0.3, -0.25) is 14.8 Å². The second-order valence-electron chi connectivity index (χ2n) is 6.93. The van der Waals surface area contributed by atoms with Crippen LogP contribution in [0.5, 0.6) is 0 Å². The Morgan fingerprint density at radius 3 is 2.62 bits per heavy atom. The van der Waals surface area contributed by atoms with E-state index in [4.69, 9.17) is 23.2 Å². The van der Waals surface area contributed by atoms with Gasteiger partial charge in [0.05, 0.1) is 20.5 Å². The number of nitrogens with zero attached hydrogens (tertiary/aromatic N) is 3. The summed E-state index contributed by atoms with van der Waals surface area (Å²) in [7, 11) is 0. The number of fused-ring (bicyclic) bond motifs is 1. The largest absolute Gasteiger partial charge is 0.300 e.